The van der Waals surface area contributed by atoms with Crippen LogP contribution >= 0.6 is 0 Å². The van der Waals surface area contributed by atoms with E-state index in [0.29, 0.717) is 6.07 Å². The number of hydrogen-bond donors (Lipinski definition) is 3. The van der Waals surface area contributed by atoms with Gasteiger partial charge in [0.2, 0.25) is 0 Å². The van der Waals surface area contributed by atoms with Crippen LogP contribution in [-0.4, -0.2) is 33.5 Å². The van der Waals surface area contributed by atoms with Crippen LogP contribution in [0.1, 0.15) is 31.5 Å². The van der Waals surface area contributed by atoms with Crippen molar-refractivity contribution in [1.29, 1.82) is 0 Å². The van der Waals surface area contributed by atoms with Crippen LogP contribution in [0.15, 0.2) is 48.5 Å². The van der Waals surface area contributed by atoms with Crippen molar-refractivity contribution in [2.75, 3.05) is 11.9 Å². The average Bonchev–Trinajstić information content (AvgIpc) is 2.71. The van der Waals surface area contributed by atoms with Gasteiger partial charge in [-0.1, -0.05) is 19.9 Å². The van der Waals surface area contributed by atoms with Crippen LogP contribution in [0.5, 0.6) is 5.75 Å². The van der Waals surface area contributed by atoms with Crippen LogP contribution < -0.4 is 5.32 Å². The van der Waals surface area contributed by atoms with E-state index in [4.69, 9.17) is 0 Å². The first-order valence-corrected chi connectivity index (χ1v) is 10.0. The van der Waals surface area contributed by atoms with Gasteiger partial charge in [0.15, 0.2) is 5.60 Å². The Bertz CT molecular complexity index is 1190. The molecule has 0 aliphatic heterocycles. The molecular formula is C23H21F7N2O2. The van der Waals surface area contributed by atoms with E-state index in [1.54, 1.807) is 0 Å². The molecule has 3 rings (SSSR count). The number of alkyl halides is 6. The zero-order chi connectivity index (χ0) is 25.5. The zero-order valence-electron chi connectivity index (χ0n) is 18.0. The van der Waals surface area contributed by atoms with Gasteiger partial charge >= 0.3 is 12.4 Å². The number of nitrogens with zero attached hydrogens (tertiary/aromatic N) is 1. The Hall–Kier alpha value is -3.08. The van der Waals surface area contributed by atoms with E-state index >= 15 is 0 Å². The van der Waals surface area contributed by atoms with Gasteiger partial charge in [-0.15, -0.1) is 0 Å². The lowest BCUT2D eigenvalue weighted by molar-refractivity contribution is -0.260. The number of anilines is 1. The van der Waals surface area contributed by atoms with Crippen LogP contribution in [0, 0.1) is 5.82 Å². The quantitative estimate of drug-likeness (QED) is 0.362. The molecule has 0 saturated carbocycles. The number of nitrogens with one attached hydrogen (secondary N) is 1. The topological polar surface area (TPSA) is 65.4 Å². The standard InChI is InChI=1S/C23H21F7N2O2/c1-20(2,15-10-13(24)6-8-18(15)33)11-21(34,23(28,29)30)12-31-16-4-3-5-17-14(16)7-9-19(32-17)22(25,26)27/h3-10,31,33-34H,11-12H2,1-2H3. The number of aromatic hydroxyl groups is 1. The molecule has 0 bridgehead atoms. The fraction of sp³-hybridized carbons (Fsp3) is 0.348. The smallest absolute Gasteiger partial charge is 0.433 e. The number of benzene rings is 2. The Morgan fingerprint density at radius 2 is 1.62 bits per heavy atom. The van der Waals surface area contributed by atoms with E-state index in [1.165, 1.54) is 32.0 Å². The van der Waals surface area contributed by atoms with Gasteiger partial charge in [0.25, 0.3) is 0 Å². The summed E-state index contributed by atoms with van der Waals surface area (Å²) in [5, 5.41) is 23.3. The van der Waals surface area contributed by atoms with Crippen LogP contribution in [-0.2, 0) is 11.6 Å². The summed E-state index contributed by atoms with van der Waals surface area (Å²) in [7, 11) is 0. The van der Waals surface area contributed by atoms with Crippen molar-refractivity contribution < 1.29 is 40.9 Å². The molecule has 0 aliphatic carbocycles. The van der Waals surface area contributed by atoms with Crippen molar-refractivity contribution in [3.05, 3.63) is 65.6 Å². The van der Waals surface area contributed by atoms with Gasteiger partial charge < -0.3 is 15.5 Å². The lowest BCUT2D eigenvalue weighted by Crippen LogP contribution is -2.53. The van der Waals surface area contributed by atoms with Gasteiger partial charge in [-0.05, 0) is 54.3 Å². The van der Waals surface area contributed by atoms with E-state index in [-0.39, 0.29) is 22.2 Å². The molecular weight excluding hydrogens is 469 g/mol. The summed E-state index contributed by atoms with van der Waals surface area (Å²) in [6, 6.07) is 8.58. The predicted octanol–water partition coefficient (Wildman–Crippen LogP) is 6.17. The van der Waals surface area contributed by atoms with Gasteiger partial charge in [-0.2, -0.15) is 26.3 Å². The number of halogens is 7. The molecule has 34 heavy (non-hydrogen) atoms. The lowest BCUT2D eigenvalue weighted by atomic mass is 9.74. The van der Waals surface area contributed by atoms with Crippen molar-refractivity contribution in [3.63, 3.8) is 0 Å². The number of phenolic OH excluding ortho intramolecular Hbond substituents is 1. The first-order valence-electron chi connectivity index (χ1n) is 10.0. The van der Waals surface area contributed by atoms with Crippen LogP contribution in [0.25, 0.3) is 10.9 Å². The molecule has 0 amide bonds. The summed E-state index contributed by atoms with van der Waals surface area (Å²) < 4.78 is 94.4. The summed E-state index contributed by atoms with van der Waals surface area (Å²) in [4.78, 5) is 3.50. The predicted molar refractivity (Wildman–Crippen MR) is 112 cm³/mol. The first kappa shape index (κ1) is 25.5. The van der Waals surface area contributed by atoms with Crippen molar-refractivity contribution >= 4 is 16.6 Å². The number of hydrogen-bond acceptors (Lipinski definition) is 4. The highest BCUT2D eigenvalue weighted by molar-refractivity contribution is 5.91. The van der Waals surface area contributed by atoms with Crippen molar-refractivity contribution in [2.45, 2.75) is 43.6 Å². The molecule has 184 valence electrons. The molecule has 0 spiro atoms. The number of rotatable bonds is 6. The maximum atomic E-state index is 14.0. The van der Waals surface area contributed by atoms with Crippen LogP contribution in [0.3, 0.4) is 0 Å². The molecule has 3 aromatic rings. The normalized spacial score (nSPS) is 14.8. The minimum absolute atomic E-state index is 0.0350. The second kappa shape index (κ2) is 8.61. The molecule has 4 nitrogen and oxygen atoms in total. The summed E-state index contributed by atoms with van der Waals surface area (Å²) in [6.07, 6.45) is -10.8. The SMILES string of the molecule is CC(C)(CC(O)(CNc1cccc2nc(C(F)(F)F)ccc12)C(F)(F)F)c1cc(F)ccc1O. The summed E-state index contributed by atoms with van der Waals surface area (Å²) in [5.41, 5.74) is -6.19. The summed E-state index contributed by atoms with van der Waals surface area (Å²) >= 11 is 0. The largest absolute Gasteiger partial charge is 0.508 e. The highest BCUT2D eigenvalue weighted by Gasteiger charge is 2.56. The maximum absolute atomic E-state index is 14.0. The third kappa shape index (κ3) is 5.19. The fourth-order valence-electron chi connectivity index (χ4n) is 3.85. The minimum Gasteiger partial charge on any atom is -0.508 e. The molecule has 0 saturated heterocycles. The van der Waals surface area contributed by atoms with E-state index in [1.807, 2.05) is 0 Å². The summed E-state index contributed by atoms with van der Waals surface area (Å²) in [6.45, 7) is 1.58. The molecule has 1 heterocycles. The molecule has 0 fully saturated rings. The Kier molecular flexibility index (Phi) is 6.47. The highest BCUT2D eigenvalue weighted by atomic mass is 19.4. The Balaban J connectivity index is 1.93. The molecule has 0 radical (unpaired) electrons. The van der Waals surface area contributed by atoms with Gasteiger partial charge in [0.05, 0.1) is 12.1 Å². The van der Waals surface area contributed by atoms with E-state index in [9.17, 15) is 40.9 Å². The maximum Gasteiger partial charge on any atom is 0.433 e. The second-order valence-electron chi connectivity index (χ2n) is 8.67. The average molecular weight is 490 g/mol. The van der Waals surface area contributed by atoms with E-state index < -0.39 is 53.6 Å². The molecule has 11 heteroatoms. The van der Waals surface area contributed by atoms with Crippen LogP contribution in [0.4, 0.5) is 36.4 Å². The Labute approximate surface area is 190 Å². The number of aromatic nitrogens is 1. The Morgan fingerprint density at radius 1 is 0.941 bits per heavy atom. The second-order valence-corrected chi connectivity index (χ2v) is 8.67. The minimum atomic E-state index is -5.13. The lowest BCUT2D eigenvalue weighted by Gasteiger charge is -2.38. The third-order valence-electron chi connectivity index (χ3n) is 5.54. The monoisotopic (exact) mass is 490 g/mol. The first-order chi connectivity index (χ1) is 15.5. The van der Waals surface area contributed by atoms with E-state index in [0.717, 1.165) is 24.3 Å². The van der Waals surface area contributed by atoms with Gasteiger partial charge in [-0.3, -0.25) is 0 Å². The molecule has 1 atom stereocenters. The number of aliphatic hydroxyl groups is 1. The third-order valence-corrected chi connectivity index (χ3v) is 5.54. The van der Waals surface area contributed by atoms with Crippen molar-refractivity contribution in [2.24, 2.45) is 0 Å². The van der Waals surface area contributed by atoms with Crippen molar-refractivity contribution in [3.8, 4) is 5.75 Å². The zero-order valence-corrected chi connectivity index (χ0v) is 18.0. The molecule has 2 aromatic carbocycles. The van der Waals surface area contributed by atoms with Gasteiger partial charge in [-0.25, -0.2) is 9.37 Å². The molecule has 3 N–H and O–H groups in total. The summed E-state index contributed by atoms with van der Waals surface area (Å²) in [5.74, 6) is -1.19. The molecule has 1 aromatic heterocycles. The fourth-order valence-corrected chi connectivity index (χ4v) is 3.85. The van der Waals surface area contributed by atoms with Crippen LogP contribution in [0.2, 0.25) is 0 Å². The number of phenols is 1. The highest BCUT2D eigenvalue weighted by Crippen LogP contribution is 2.44. The van der Waals surface area contributed by atoms with E-state index in [2.05, 4.69) is 10.3 Å². The number of fused-ring (bicyclic) bond motifs is 1. The van der Waals surface area contributed by atoms with Gasteiger partial charge in [0.1, 0.15) is 17.3 Å². The number of pyridine rings is 1. The molecule has 1 unspecified atom stereocenters. The Morgan fingerprint density at radius 3 is 2.24 bits per heavy atom. The van der Waals surface area contributed by atoms with Gasteiger partial charge in [0, 0.05) is 16.6 Å². The molecule has 0 aliphatic rings. The van der Waals surface area contributed by atoms with Crippen molar-refractivity contribution in [1.82, 2.24) is 4.98 Å².